The molecule has 0 aliphatic carbocycles. The molecule has 0 aromatic heterocycles. The number of hydrogen-bond donors (Lipinski definition) is 9. The van der Waals surface area contributed by atoms with Gasteiger partial charge in [0, 0.05) is 35.6 Å². The molecule has 0 aliphatic heterocycles. The maximum absolute atomic E-state index is 9.13. The summed E-state index contributed by atoms with van der Waals surface area (Å²) in [6.45, 7) is 0. The SMILES string of the molecule is NNC(=O)O.NNC(=O)O.NNC(=O)O.O.O.O.[La]. The quantitative estimate of drug-likeness (QED) is 0.102. The molecule has 0 saturated carbocycles. The van der Waals surface area contributed by atoms with Crippen molar-refractivity contribution in [2.24, 2.45) is 17.5 Å². The molecule has 0 aliphatic rings. The van der Waals surface area contributed by atoms with Crippen molar-refractivity contribution < 1.29 is 81.7 Å². The van der Waals surface area contributed by atoms with Gasteiger partial charge in [0.25, 0.3) is 0 Å². The Morgan fingerprint density at radius 3 is 0.684 bits per heavy atom. The second-order valence-electron chi connectivity index (χ2n) is 1.35. The van der Waals surface area contributed by atoms with E-state index in [4.69, 9.17) is 29.7 Å². The number of hydrazine groups is 3. The molecule has 1 radical (unpaired) electrons. The van der Waals surface area contributed by atoms with Crippen LogP contribution in [0.15, 0.2) is 0 Å². The maximum atomic E-state index is 9.13. The molecule has 0 bridgehead atoms. The van der Waals surface area contributed by atoms with Crippen molar-refractivity contribution in [1.29, 1.82) is 0 Å². The number of carboxylic acid groups (broad SMARTS) is 3. The number of carbonyl (C=O) groups is 3. The van der Waals surface area contributed by atoms with Crippen LogP contribution >= 0.6 is 0 Å². The first-order valence-corrected chi connectivity index (χ1v) is 2.90. The van der Waals surface area contributed by atoms with Gasteiger partial charge in [0.15, 0.2) is 0 Å². The van der Waals surface area contributed by atoms with Gasteiger partial charge in [0.1, 0.15) is 0 Å². The molecule has 0 unspecified atom stereocenters. The Morgan fingerprint density at radius 2 is 0.684 bits per heavy atom. The number of rotatable bonds is 0. The van der Waals surface area contributed by atoms with E-state index in [9.17, 15) is 0 Å². The standard InChI is InChI=1S/3CH4N2O2.La.3H2O/c3*2-3-1(4)5;;;;/h3*3H,2H2,(H,4,5);;3*1H2. The molecule has 3 amide bonds. The summed E-state index contributed by atoms with van der Waals surface area (Å²) in [6.07, 6.45) is -3.65. The first-order chi connectivity index (χ1) is 6.81. The summed E-state index contributed by atoms with van der Waals surface area (Å²) < 4.78 is 0. The topological polar surface area (TPSA) is 321 Å². The molecule has 18 N–H and O–H groups in total. The number of nitrogens with one attached hydrogen (secondary N) is 3. The minimum absolute atomic E-state index is 0. The summed E-state index contributed by atoms with van der Waals surface area (Å²) in [7, 11) is 0. The zero-order valence-electron chi connectivity index (χ0n) is 9.38. The minimum Gasteiger partial charge on any atom is -0.464 e. The molecular weight excluding hydrogens is 403 g/mol. The first-order valence-electron chi connectivity index (χ1n) is 2.90. The molecule has 16 heteroatoms. The molecule has 0 aromatic carbocycles. The predicted molar refractivity (Wildman–Crippen MR) is 56.9 cm³/mol. The van der Waals surface area contributed by atoms with Gasteiger partial charge in [-0.2, -0.15) is 0 Å². The van der Waals surface area contributed by atoms with Crippen LogP contribution in [-0.4, -0.2) is 50.0 Å². The van der Waals surface area contributed by atoms with E-state index in [1.807, 2.05) is 0 Å². The van der Waals surface area contributed by atoms with Crippen LogP contribution < -0.4 is 33.8 Å². The van der Waals surface area contributed by atoms with Crippen LogP contribution in [0.2, 0.25) is 0 Å². The summed E-state index contributed by atoms with van der Waals surface area (Å²) >= 11 is 0. The van der Waals surface area contributed by atoms with Gasteiger partial charge in [-0.15, -0.1) is 0 Å². The van der Waals surface area contributed by atoms with Crippen molar-refractivity contribution in [3.8, 4) is 0 Å². The van der Waals surface area contributed by atoms with Crippen molar-refractivity contribution in [2.75, 3.05) is 0 Å². The zero-order valence-corrected chi connectivity index (χ0v) is 13.0. The van der Waals surface area contributed by atoms with Crippen molar-refractivity contribution in [1.82, 2.24) is 16.3 Å². The summed E-state index contributed by atoms with van der Waals surface area (Å²) in [4.78, 5) is 27.4. The fraction of sp³-hybridized carbons (Fsp3) is 0. The monoisotopic (exact) mass is 421 g/mol. The normalized spacial score (nSPS) is 5.21. The smallest absolute Gasteiger partial charge is 0.418 e. The third kappa shape index (κ3) is 161. The van der Waals surface area contributed by atoms with Crippen LogP contribution in [0.3, 0.4) is 0 Å². The third-order valence-electron chi connectivity index (χ3n) is 0.370. The predicted octanol–water partition coefficient (Wildman–Crippen LogP) is -5.09. The van der Waals surface area contributed by atoms with E-state index in [0.717, 1.165) is 0 Å². The summed E-state index contributed by atoms with van der Waals surface area (Å²) in [6, 6.07) is 0. The van der Waals surface area contributed by atoms with Crippen molar-refractivity contribution in [2.45, 2.75) is 0 Å². The second-order valence-corrected chi connectivity index (χ2v) is 1.35. The molecule has 0 spiro atoms. The molecule has 15 nitrogen and oxygen atoms in total. The molecule has 19 heavy (non-hydrogen) atoms. The molecule has 0 fully saturated rings. The Morgan fingerprint density at radius 1 is 0.632 bits per heavy atom. The molecule has 117 valence electrons. The van der Waals surface area contributed by atoms with Gasteiger partial charge in [0.2, 0.25) is 0 Å². The minimum atomic E-state index is -1.22. The van der Waals surface area contributed by atoms with Crippen LogP contribution in [0.4, 0.5) is 14.4 Å². The average molecular weight is 421 g/mol. The Labute approximate surface area is 133 Å². The molecule has 0 atom stereocenters. The molecule has 0 aromatic rings. The third-order valence-corrected chi connectivity index (χ3v) is 0.370. The molecular formula is C3H18LaN6O9. The molecule has 0 rings (SSSR count). The first kappa shape index (κ1) is 43.1. The number of nitrogens with two attached hydrogens (primary N) is 3. The van der Waals surface area contributed by atoms with Gasteiger partial charge in [0.05, 0.1) is 0 Å². The summed E-state index contributed by atoms with van der Waals surface area (Å²) in [5, 5.41) is 22.5. The van der Waals surface area contributed by atoms with E-state index < -0.39 is 18.3 Å². The van der Waals surface area contributed by atoms with Crippen molar-refractivity contribution >= 4 is 18.3 Å². The fourth-order valence-electron chi connectivity index (χ4n) is 0. The summed E-state index contributed by atoms with van der Waals surface area (Å²) in [5.74, 6) is 13.0. The van der Waals surface area contributed by atoms with E-state index in [1.54, 1.807) is 0 Å². The van der Waals surface area contributed by atoms with Crippen molar-refractivity contribution in [3.63, 3.8) is 0 Å². The number of hydrogen-bond acceptors (Lipinski definition) is 6. The van der Waals surface area contributed by atoms with Gasteiger partial charge in [-0.25, -0.2) is 31.9 Å². The van der Waals surface area contributed by atoms with Gasteiger partial charge < -0.3 is 31.7 Å². The molecule has 0 heterocycles. The Balaban J connectivity index is -0.0000000206. The van der Waals surface area contributed by atoms with E-state index >= 15 is 0 Å². The van der Waals surface area contributed by atoms with E-state index in [-0.39, 0.29) is 52.0 Å². The second kappa shape index (κ2) is 36.0. The Bertz CT molecular complexity index is 171. The summed E-state index contributed by atoms with van der Waals surface area (Å²) in [5.41, 5.74) is 4.33. The van der Waals surface area contributed by atoms with E-state index in [1.165, 1.54) is 16.3 Å². The van der Waals surface area contributed by atoms with Crippen LogP contribution in [0.25, 0.3) is 0 Å². The van der Waals surface area contributed by atoms with Crippen LogP contribution in [-0.2, 0) is 0 Å². The van der Waals surface area contributed by atoms with Crippen molar-refractivity contribution in [3.05, 3.63) is 0 Å². The van der Waals surface area contributed by atoms with Crippen LogP contribution in [0.1, 0.15) is 0 Å². The van der Waals surface area contributed by atoms with Gasteiger partial charge >= 0.3 is 18.3 Å². The maximum Gasteiger partial charge on any atom is 0.418 e. The van der Waals surface area contributed by atoms with Crippen LogP contribution in [0, 0.1) is 35.6 Å². The average Bonchev–Trinajstić information content (AvgIpc) is 2.19. The van der Waals surface area contributed by atoms with E-state index in [2.05, 4.69) is 17.5 Å². The van der Waals surface area contributed by atoms with Crippen LogP contribution in [0.5, 0.6) is 0 Å². The Kier molecular flexibility index (Phi) is 81.5. The fourth-order valence-corrected chi connectivity index (χ4v) is 0. The van der Waals surface area contributed by atoms with Gasteiger partial charge in [-0.3, -0.25) is 16.3 Å². The number of amides is 3. The van der Waals surface area contributed by atoms with Gasteiger partial charge in [-0.1, -0.05) is 0 Å². The largest absolute Gasteiger partial charge is 0.464 e. The Hall–Kier alpha value is -1.24. The molecule has 0 saturated heterocycles. The van der Waals surface area contributed by atoms with E-state index in [0.29, 0.717) is 0 Å². The van der Waals surface area contributed by atoms with Gasteiger partial charge in [-0.05, 0) is 0 Å². The zero-order chi connectivity index (χ0) is 12.9.